The smallest absolute Gasteiger partial charge is 0.253 e. The number of hydrogen-bond donors (Lipinski definition) is 3. The number of nitrogens with two attached hydrogens (primary N) is 1. The molecule has 0 saturated carbocycles. The van der Waals surface area contributed by atoms with Gasteiger partial charge in [0.05, 0.1) is 12.1 Å². The van der Waals surface area contributed by atoms with Crippen LogP contribution in [0.15, 0.2) is 60.7 Å². The van der Waals surface area contributed by atoms with E-state index in [0.717, 1.165) is 16.3 Å². The predicted octanol–water partition coefficient (Wildman–Crippen LogP) is 3.07. The molecule has 0 saturated heterocycles. The maximum Gasteiger partial charge on any atom is 0.253 e. The zero-order chi connectivity index (χ0) is 15.5. The van der Waals surface area contributed by atoms with Gasteiger partial charge in [0, 0.05) is 5.69 Å². The highest BCUT2D eigenvalue weighted by atomic mass is 16.3. The van der Waals surface area contributed by atoms with E-state index < -0.39 is 0 Å². The van der Waals surface area contributed by atoms with Crippen molar-refractivity contribution in [3.8, 4) is 5.75 Å². The van der Waals surface area contributed by atoms with Crippen LogP contribution in [0.2, 0.25) is 0 Å². The van der Waals surface area contributed by atoms with Crippen LogP contribution in [0.5, 0.6) is 5.75 Å². The molecule has 3 aromatic rings. The molecule has 0 aromatic heterocycles. The van der Waals surface area contributed by atoms with E-state index in [4.69, 9.17) is 5.73 Å². The number of phenols is 1. The van der Waals surface area contributed by atoms with Gasteiger partial charge in [-0.05, 0) is 40.6 Å². The van der Waals surface area contributed by atoms with Crippen LogP contribution in [0.3, 0.4) is 0 Å². The molecule has 4 heteroatoms. The van der Waals surface area contributed by atoms with Gasteiger partial charge < -0.3 is 16.2 Å². The Kier molecular flexibility index (Phi) is 3.66. The van der Waals surface area contributed by atoms with Gasteiger partial charge in [-0.2, -0.15) is 0 Å². The van der Waals surface area contributed by atoms with Crippen molar-refractivity contribution >= 4 is 22.4 Å². The molecule has 0 aliphatic heterocycles. The van der Waals surface area contributed by atoms with E-state index in [-0.39, 0.29) is 11.7 Å². The highest BCUT2D eigenvalue weighted by Gasteiger charge is 2.11. The lowest BCUT2D eigenvalue weighted by Crippen LogP contribution is -2.22. The van der Waals surface area contributed by atoms with E-state index in [1.807, 2.05) is 24.3 Å². The maximum absolute atomic E-state index is 12.3. The summed E-state index contributed by atoms with van der Waals surface area (Å²) in [6.07, 6.45) is 0. The average molecular weight is 291 g/mol. The molecular formula is C18H15N2O2. The lowest BCUT2D eigenvalue weighted by molar-refractivity contribution is 0.0966. The standard InChI is InChI=1S/C18H15N2O2/c19-17-10-14-4-2-1-3-13(14)9-16(17)18(22)20-11-12-5-7-15(21)8-6-12/h1-11,21H,19H2,(H,20,22). The number of hydrogen-bond acceptors (Lipinski definition) is 3. The SMILES string of the molecule is Nc1cc2ccccc2cc1C(=O)N[CH]c1ccc(O)cc1. The van der Waals surface area contributed by atoms with E-state index in [0.29, 0.717) is 11.3 Å². The van der Waals surface area contributed by atoms with Crippen LogP contribution in [-0.4, -0.2) is 11.0 Å². The number of aromatic hydroxyl groups is 1. The number of phenolic OH excluding ortho intramolecular Hbond substituents is 1. The van der Waals surface area contributed by atoms with Crippen LogP contribution in [0.25, 0.3) is 10.8 Å². The normalized spacial score (nSPS) is 10.5. The van der Waals surface area contributed by atoms with Gasteiger partial charge in [-0.1, -0.05) is 36.4 Å². The van der Waals surface area contributed by atoms with Crippen LogP contribution in [-0.2, 0) is 0 Å². The van der Waals surface area contributed by atoms with E-state index in [1.165, 1.54) is 0 Å². The Morgan fingerprint density at radius 3 is 2.32 bits per heavy atom. The number of fused-ring (bicyclic) bond motifs is 1. The number of rotatable bonds is 3. The van der Waals surface area contributed by atoms with Gasteiger partial charge in [0.2, 0.25) is 0 Å². The minimum atomic E-state index is -0.267. The third-order valence-electron chi connectivity index (χ3n) is 3.43. The summed E-state index contributed by atoms with van der Waals surface area (Å²) in [5.41, 5.74) is 7.63. The second kappa shape index (κ2) is 5.77. The van der Waals surface area contributed by atoms with Gasteiger partial charge >= 0.3 is 0 Å². The lowest BCUT2D eigenvalue weighted by atomic mass is 10.0. The van der Waals surface area contributed by atoms with Crippen molar-refractivity contribution in [1.29, 1.82) is 0 Å². The molecule has 0 aliphatic carbocycles. The highest BCUT2D eigenvalue weighted by molar-refractivity contribution is 6.04. The van der Waals surface area contributed by atoms with Gasteiger partial charge in [-0.3, -0.25) is 4.79 Å². The van der Waals surface area contributed by atoms with Crippen LogP contribution in [0.1, 0.15) is 15.9 Å². The van der Waals surface area contributed by atoms with Crippen molar-refractivity contribution in [2.24, 2.45) is 0 Å². The molecule has 1 radical (unpaired) electrons. The Morgan fingerprint density at radius 1 is 1.00 bits per heavy atom. The fraction of sp³-hybridized carbons (Fsp3) is 0. The fourth-order valence-corrected chi connectivity index (χ4v) is 2.25. The first-order chi connectivity index (χ1) is 10.6. The van der Waals surface area contributed by atoms with E-state index in [2.05, 4.69) is 5.32 Å². The van der Waals surface area contributed by atoms with E-state index >= 15 is 0 Å². The van der Waals surface area contributed by atoms with Gasteiger partial charge in [-0.15, -0.1) is 0 Å². The summed E-state index contributed by atoms with van der Waals surface area (Å²) in [7, 11) is 0. The first-order valence-corrected chi connectivity index (χ1v) is 6.85. The molecule has 3 aromatic carbocycles. The quantitative estimate of drug-likeness (QED) is 0.649. The molecule has 1 amide bonds. The average Bonchev–Trinajstić information content (AvgIpc) is 2.53. The summed E-state index contributed by atoms with van der Waals surface area (Å²) < 4.78 is 0. The Balaban J connectivity index is 1.79. The molecule has 0 spiro atoms. The molecule has 22 heavy (non-hydrogen) atoms. The lowest BCUT2D eigenvalue weighted by Gasteiger charge is -2.09. The number of amides is 1. The Morgan fingerprint density at radius 2 is 1.64 bits per heavy atom. The molecule has 4 nitrogen and oxygen atoms in total. The Bertz CT molecular complexity index is 826. The topological polar surface area (TPSA) is 75.4 Å². The Labute approximate surface area is 128 Å². The minimum absolute atomic E-state index is 0.183. The van der Waals surface area contributed by atoms with E-state index in [1.54, 1.807) is 42.9 Å². The zero-order valence-corrected chi connectivity index (χ0v) is 11.8. The number of anilines is 1. The number of carbonyl (C=O) groups excluding carboxylic acids is 1. The molecule has 0 atom stereocenters. The molecule has 109 valence electrons. The van der Waals surface area contributed by atoms with Crippen molar-refractivity contribution in [1.82, 2.24) is 5.32 Å². The summed E-state index contributed by atoms with van der Waals surface area (Å²) in [6.45, 7) is 1.58. The van der Waals surface area contributed by atoms with Crippen molar-refractivity contribution < 1.29 is 9.90 Å². The molecule has 0 unspecified atom stereocenters. The molecule has 3 rings (SSSR count). The minimum Gasteiger partial charge on any atom is -0.508 e. The maximum atomic E-state index is 12.3. The van der Waals surface area contributed by atoms with Crippen LogP contribution < -0.4 is 11.1 Å². The van der Waals surface area contributed by atoms with Crippen LogP contribution in [0.4, 0.5) is 5.69 Å². The first kappa shape index (κ1) is 13.9. The summed E-state index contributed by atoms with van der Waals surface area (Å²) in [4.78, 5) is 12.3. The number of carbonyl (C=O) groups is 1. The van der Waals surface area contributed by atoms with Crippen LogP contribution >= 0.6 is 0 Å². The van der Waals surface area contributed by atoms with Crippen LogP contribution in [0, 0.1) is 6.54 Å². The zero-order valence-electron chi connectivity index (χ0n) is 11.8. The van der Waals surface area contributed by atoms with E-state index in [9.17, 15) is 9.90 Å². The third-order valence-corrected chi connectivity index (χ3v) is 3.43. The fourth-order valence-electron chi connectivity index (χ4n) is 2.25. The Hall–Kier alpha value is -3.01. The molecule has 0 heterocycles. The van der Waals surface area contributed by atoms with Crippen molar-refractivity contribution in [2.45, 2.75) is 0 Å². The first-order valence-electron chi connectivity index (χ1n) is 6.85. The second-order valence-corrected chi connectivity index (χ2v) is 5.00. The second-order valence-electron chi connectivity index (χ2n) is 5.00. The molecule has 0 aliphatic rings. The number of benzene rings is 3. The van der Waals surface area contributed by atoms with Gasteiger partial charge in [-0.25, -0.2) is 0 Å². The van der Waals surface area contributed by atoms with Crippen molar-refractivity contribution in [3.63, 3.8) is 0 Å². The summed E-state index contributed by atoms with van der Waals surface area (Å²) in [5, 5.41) is 13.9. The summed E-state index contributed by atoms with van der Waals surface area (Å²) >= 11 is 0. The predicted molar refractivity (Wildman–Crippen MR) is 87.3 cm³/mol. The number of nitrogens with one attached hydrogen (secondary N) is 1. The summed E-state index contributed by atoms with van der Waals surface area (Å²) in [5.74, 6) is -0.0846. The molecule has 0 bridgehead atoms. The number of nitrogen functional groups attached to an aromatic ring is 1. The van der Waals surface area contributed by atoms with Gasteiger partial charge in [0.1, 0.15) is 5.75 Å². The van der Waals surface area contributed by atoms with Gasteiger partial charge in [0.25, 0.3) is 5.91 Å². The molecule has 4 N–H and O–H groups in total. The van der Waals surface area contributed by atoms with Gasteiger partial charge in [0.15, 0.2) is 0 Å². The highest BCUT2D eigenvalue weighted by Crippen LogP contribution is 2.22. The molecular weight excluding hydrogens is 276 g/mol. The summed E-state index contributed by atoms with van der Waals surface area (Å²) in [6, 6.07) is 17.9. The van der Waals surface area contributed by atoms with Crippen molar-refractivity contribution in [3.05, 3.63) is 78.3 Å². The monoisotopic (exact) mass is 291 g/mol. The van der Waals surface area contributed by atoms with Crippen molar-refractivity contribution in [2.75, 3.05) is 5.73 Å². The third kappa shape index (κ3) is 2.86. The largest absolute Gasteiger partial charge is 0.508 e. The molecule has 0 fully saturated rings.